The van der Waals surface area contributed by atoms with Crippen molar-refractivity contribution in [2.45, 2.75) is 19.3 Å². The van der Waals surface area contributed by atoms with Crippen LogP contribution in [0.3, 0.4) is 0 Å². The van der Waals surface area contributed by atoms with E-state index in [0.29, 0.717) is 40.6 Å². The number of benzene rings is 2. The van der Waals surface area contributed by atoms with Crippen LogP contribution in [0.4, 0.5) is 10.1 Å². The van der Waals surface area contributed by atoms with Crippen molar-refractivity contribution in [3.8, 4) is 0 Å². The van der Waals surface area contributed by atoms with E-state index in [2.05, 4.69) is 10.6 Å². The number of hydrogen-bond acceptors (Lipinski definition) is 7. The van der Waals surface area contributed by atoms with Gasteiger partial charge in [0.05, 0.1) is 16.8 Å². The summed E-state index contributed by atoms with van der Waals surface area (Å²) < 4.78 is 14.4. The molecular formula is C26H28FN3O6. The van der Waals surface area contributed by atoms with Crippen LogP contribution < -0.4 is 10.6 Å². The number of fused-ring (bicyclic) bond motifs is 1. The van der Waals surface area contributed by atoms with Gasteiger partial charge in [0.15, 0.2) is 5.78 Å². The van der Waals surface area contributed by atoms with E-state index in [1.165, 1.54) is 24.3 Å². The summed E-state index contributed by atoms with van der Waals surface area (Å²) in [5.41, 5.74) is 2.89. The lowest BCUT2D eigenvalue weighted by Gasteiger charge is -2.24. The molecule has 1 aliphatic heterocycles. The highest BCUT2D eigenvalue weighted by molar-refractivity contribution is 6.32. The van der Waals surface area contributed by atoms with Crippen molar-refractivity contribution < 1.29 is 34.1 Å². The normalized spacial score (nSPS) is 19.2. The topological polar surface area (TPSA) is 148 Å². The largest absolute Gasteiger partial charge is 0.511 e. The summed E-state index contributed by atoms with van der Waals surface area (Å²) in [5, 5.41) is 33.2. The van der Waals surface area contributed by atoms with Crippen molar-refractivity contribution in [2.75, 3.05) is 32.0 Å². The van der Waals surface area contributed by atoms with Gasteiger partial charge in [-0.25, -0.2) is 9.18 Å². The molecule has 1 heterocycles. The third-order valence-corrected chi connectivity index (χ3v) is 6.12. The molecule has 0 spiro atoms. The Morgan fingerprint density at radius 1 is 1.25 bits per heavy atom. The van der Waals surface area contributed by atoms with Crippen molar-refractivity contribution in [3.05, 3.63) is 75.8 Å². The number of carboxylic acids is 1. The van der Waals surface area contributed by atoms with Crippen LogP contribution in [0.5, 0.6) is 0 Å². The summed E-state index contributed by atoms with van der Waals surface area (Å²) in [6, 6.07) is 8.81. The predicted octanol–water partition coefficient (Wildman–Crippen LogP) is 2.85. The molecule has 9 nitrogen and oxygen atoms in total. The van der Waals surface area contributed by atoms with Gasteiger partial charge in [0.1, 0.15) is 11.6 Å². The van der Waals surface area contributed by atoms with Crippen LogP contribution in [0.2, 0.25) is 0 Å². The molecule has 0 radical (unpaired) electrons. The monoisotopic (exact) mass is 497 g/mol. The number of anilines is 1. The van der Waals surface area contributed by atoms with E-state index in [0.717, 1.165) is 19.5 Å². The van der Waals surface area contributed by atoms with Crippen LogP contribution in [-0.2, 0) is 22.4 Å². The fourth-order valence-electron chi connectivity index (χ4n) is 4.38. The zero-order chi connectivity index (χ0) is 26.2. The number of ketones is 1. The third kappa shape index (κ3) is 6.14. The van der Waals surface area contributed by atoms with Gasteiger partial charge in [-0.3, -0.25) is 14.6 Å². The molecule has 1 unspecified atom stereocenters. The highest BCUT2D eigenvalue weighted by atomic mass is 19.1. The number of carbonyl (C=O) groups excluding carboxylic acids is 1. The van der Waals surface area contributed by atoms with Crippen LogP contribution in [-0.4, -0.2) is 65.9 Å². The maximum absolute atomic E-state index is 14.4. The molecular weight excluding hydrogens is 469 g/mol. The summed E-state index contributed by atoms with van der Waals surface area (Å²) >= 11 is 0. The number of Topliss-reactive ketones (excluding diaryl/α,β-unsaturated/α-hetero) is 1. The van der Waals surface area contributed by atoms with E-state index in [1.807, 2.05) is 0 Å². The molecule has 0 amide bonds. The number of aliphatic imine (C=N–C) groups is 1. The molecule has 5 N–H and O–H groups in total. The minimum atomic E-state index is -1.04. The van der Waals surface area contributed by atoms with Gasteiger partial charge in [-0.05, 0) is 60.8 Å². The highest BCUT2D eigenvalue weighted by Crippen LogP contribution is 2.32. The lowest BCUT2D eigenvalue weighted by atomic mass is 9.82. The SMILES string of the molecule is CNc1cc(F)cc2c1CC(=O)C(=C(O)Cc1ccc(C(=O)O)cc1)C2=NCC1CCNC1.O=CO. The molecule has 1 fully saturated rings. The summed E-state index contributed by atoms with van der Waals surface area (Å²) in [6.45, 7) is 1.94. The number of nitrogens with one attached hydrogen (secondary N) is 2. The van der Waals surface area contributed by atoms with E-state index in [9.17, 15) is 19.1 Å². The fraction of sp³-hybridized carbons (Fsp3) is 0.308. The van der Waals surface area contributed by atoms with Crippen LogP contribution in [0, 0.1) is 11.7 Å². The zero-order valence-corrected chi connectivity index (χ0v) is 19.8. The van der Waals surface area contributed by atoms with Gasteiger partial charge in [-0.2, -0.15) is 0 Å². The second kappa shape index (κ2) is 12.1. The molecule has 10 heteroatoms. The molecule has 4 rings (SSSR count). The number of nitrogens with zero attached hydrogens (tertiary/aromatic N) is 1. The van der Waals surface area contributed by atoms with Crippen LogP contribution in [0.25, 0.3) is 0 Å². The third-order valence-electron chi connectivity index (χ3n) is 6.12. The van der Waals surface area contributed by atoms with Crippen LogP contribution in [0.1, 0.15) is 33.5 Å². The van der Waals surface area contributed by atoms with E-state index in [1.54, 1.807) is 19.2 Å². The number of aromatic carboxylic acids is 1. The average molecular weight is 498 g/mol. The molecule has 1 aliphatic carbocycles. The van der Waals surface area contributed by atoms with Crippen LogP contribution >= 0.6 is 0 Å². The molecule has 1 saturated heterocycles. The van der Waals surface area contributed by atoms with Gasteiger partial charge in [-0.15, -0.1) is 0 Å². The number of aliphatic hydroxyl groups is 1. The second-order valence-corrected chi connectivity index (χ2v) is 8.48. The molecule has 0 saturated carbocycles. The Morgan fingerprint density at radius 2 is 1.94 bits per heavy atom. The van der Waals surface area contributed by atoms with Gasteiger partial charge in [0.25, 0.3) is 6.47 Å². The Hall–Kier alpha value is -4.05. The summed E-state index contributed by atoms with van der Waals surface area (Å²) in [7, 11) is 1.67. The standard InChI is InChI=1S/C25H26FN3O4.CH2O2/c1-27-20-10-17(26)9-19-18(20)11-22(31)23(24(19)29-13-15-6-7-28-12-15)21(30)8-14-2-4-16(5-3-14)25(32)33;2-1-3/h2-5,9-10,15,27-28,30H,6-8,11-13H2,1H3,(H,32,33);1H,(H,2,3). The number of carboxylic acid groups (broad SMARTS) is 2. The Bertz CT molecular complexity index is 1200. The Kier molecular flexibility index (Phi) is 8.91. The first-order valence-electron chi connectivity index (χ1n) is 11.4. The first-order valence-corrected chi connectivity index (χ1v) is 11.4. The van der Waals surface area contributed by atoms with Gasteiger partial charge in [0.2, 0.25) is 0 Å². The van der Waals surface area contributed by atoms with Crippen molar-refractivity contribution in [2.24, 2.45) is 10.9 Å². The predicted molar refractivity (Wildman–Crippen MR) is 132 cm³/mol. The number of hydrogen-bond donors (Lipinski definition) is 5. The van der Waals surface area contributed by atoms with E-state index < -0.39 is 11.8 Å². The lowest BCUT2D eigenvalue weighted by molar-refractivity contribution is -0.123. The second-order valence-electron chi connectivity index (χ2n) is 8.48. The zero-order valence-electron chi connectivity index (χ0n) is 19.8. The summed E-state index contributed by atoms with van der Waals surface area (Å²) in [5.74, 6) is -1.63. The van der Waals surface area contributed by atoms with Gasteiger partial charge >= 0.3 is 5.97 Å². The lowest BCUT2D eigenvalue weighted by Crippen LogP contribution is -2.28. The molecule has 0 aromatic heterocycles. The average Bonchev–Trinajstić information content (AvgIpc) is 3.36. The number of carbonyl (C=O) groups is 3. The maximum atomic E-state index is 14.4. The summed E-state index contributed by atoms with van der Waals surface area (Å²) in [4.78, 5) is 37.3. The van der Waals surface area contributed by atoms with E-state index in [4.69, 9.17) is 20.0 Å². The first kappa shape index (κ1) is 26.6. The maximum Gasteiger partial charge on any atom is 0.335 e. The number of allylic oxidation sites excluding steroid dienone is 2. The van der Waals surface area contributed by atoms with Crippen molar-refractivity contribution in [3.63, 3.8) is 0 Å². The molecule has 2 aromatic rings. The van der Waals surface area contributed by atoms with Gasteiger partial charge in [-0.1, -0.05) is 12.1 Å². The minimum absolute atomic E-state index is 0.0210. The molecule has 1 atom stereocenters. The minimum Gasteiger partial charge on any atom is -0.511 e. The molecule has 190 valence electrons. The van der Waals surface area contributed by atoms with Crippen molar-refractivity contribution in [1.82, 2.24) is 5.32 Å². The van der Waals surface area contributed by atoms with Gasteiger partial charge in [0, 0.05) is 37.7 Å². The number of rotatable bonds is 6. The van der Waals surface area contributed by atoms with Gasteiger partial charge < -0.3 is 26.0 Å². The fourth-order valence-corrected chi connectivity index (χ4v) is 4.38. The molecule has 0 bridgehead atoms. The number of halogens is 1. The van der Waals surface area contributed by atoms with Crippen LogP contribution in [0.15, 0.2) is 52.7 Å². The Balaban J connectivity index is 0.00000115. The molecule has 2 aromatic carbocycles. The van der Waals surface area contributed by atoms with E-state index in [-0.39, 0.29) is 42.0 Å². The van der Waals surface area contributed by atoms with E-state index >= 15 is 0 Å². The Morgan fingerprint density at radius 3 is 2.53 bits per heavy atom. The van der Waals surface area contributed by atoms with Crippen molar-refractivity contribution >= 4 is 29.6 Å². The highest BCUT2D eigenvalue weighted by Gasteiger charge is 2.32. The first-order chi connectivity index (χ1) is 17.3. The molecule has 2 aliphatic rings. The smallest absolute Gasteiger partial charge is 0.335 e. The quantitative estimate of drug-likeness (QED) is 0.232. The Labute approximate surface area is 207 Å². The number of aliphatic hydroxyl groups excluding tert-OH is 1. The molecule has 36 heavy (non-hydrogen) atoms. The summed E-state index contributed by atoms with van der Waals surface area (Å²) in [6.07, 6.45) is 1.02. The van der Waals surface area contributed by atoms with Crippen molar-refractivity contribution in [1.29, 1.82) is 0 Å².